The van der Waals surface area contributed by atoms with Crippen LogP contribution in [0.5, 0.6) is 5.75 Å². The van der Waals surface area contributed by atoms with Crippen LogP contribution in [-0.4, -0.2) is 30.6 Å². The van der Waals surface area contributed by atoms with E-state index >= 15 is 0 Å². The third kappa shape index (κ3) is 4.43. The maximum atomic E-state index is 14.8. The molecule has 0 spiro atoms. The molecule has 3 aromatic rings. The summed E-state index contributed by atoms with van der Waals surface area (Å²) in [5.41, 5.74) is 0.400. The number of carbonyl (C=O) groups excluding carboxylic acids is 2. The Hall–Kier alpha value is -2.68. The van der Waals surface area contributed by atoms with Crippen molar-refractivity contribution >= 4 is 51.0 Å². The fraction of sp³-hybridized carbons (Fsp3) is 0.130. The van der Waals surface area contributed by atoms with Crippen molar-refractivity contribution in [2.24, 2.45) is 0 Å². The first-order chi connectivity index (χ1) is 15.7. The van der Waals surface area contributed by atoms with Crippen molar-refractivity contribution in [3.8, 4) is 16.9 Å². The summed E-state index contributed by atoms with van der Waals surface area (Å²) < 4.78 is 40.2. The zero-order chi connectivity index (χ0) is 23.9. The molecule has 1 aliphatic heterocycles. The number of hydrogen-bond donors (Lipinski definition) is 0. The summed E-state index contributed by atoms with van der Waals surface area (Å²) >= 11 is 15.7. The standard InChI is InChI=1S/C23H14BrCl2F2NO4/c1-32-23(31)15-8-18(27)14(7-19(15)28)13-4-2-3-11-9-29(10-33-21(11)13)22(30)20-16(25)5-12(24)6-17(20)26/h2-8H,9-10H2,1H3. The Bertz CT molecular complexity index is 1280. The van der Waals surface area contributed by atoms with Crippen LogP contribution in [0.1, 0.15) is 26.3 Å². The maximum Gasteiger partial charge on any atom is 0.340 e. The van der Waals surface area contributed by atoms with Gasteiger partial charge in [0.05, 0.1) is 34.8 Å². The van der Waals surface area contributed by atoms with Gasteiger partial charge in [0, 0.05) is 21.2 Å². The number of esters is 1. The van der Waals surface area contributed by atoms with Gasteiger partial charge in [0.2, 0.25) is 0 Å². The monoisotopic (exact) mass is 555 g/mol. The van der Waals surface area contributed by atoms with Crippen molar-refractivity contribution in [1.82, 2.24) is 4.90 Å². The molecule has 0 saturated carbocycles. The third-order valence-electron chi connectivity index (χ3n) is 5.08. The molecule has 0 aliphatic carbocycles. The number of benzene rings is 3. The number of ether oxygens (including phenoxy) is 2. The maximum absolute atomic E-state index is 14.8. The molecule has 5 nitrogen and oxygen atoms in total. The van der Waals surface area contributed by atoms with E-state index in [1.807, 2.05) is 0 Å². The minimum absolute atomic E-state index is 0.0872. The lowest BCUT2D eigenvalue weighted by atomic mass is 9.98. The highest BCUT2D eigenvalue weighted by molar-refractivity contribution is 9.10. The van der Waals surface area contributed by atoms with Crippen molar-refractivity contribution in [2.45, 2.75) is 6.54 Å². The zero-order valence-corrected chi connectivity index (χ0v) is 20.0. The predicted octanol–water partition coefficient (Wildman–Crippen LogP) is 6.48. The van der Waals surface area contributed by atoms with E-state index < -0.39 is 29.1 Å². The second kappa shape index (κ2) is 9.29. The number of amides is 1. The van der Waals surface area contributed by atoms with Gasteiger partial charge in [-0.2, -0.15) is 0 Å². The van der Waals surface area contributed by atoms with Crippen LogP contribution in [0.2, 0.25) is 10.0 Å². The Balaban J connectivity index is 1.68. The molecule has 1 amide bonds. The van der Waals surface area contributed by atoms with Crippen molar-refractivity contribution in [2.75, 3.05) is 13.8 Å². The van der Waals surface area contributed by atoms with E-state index in [2.05, 4.69) is 20.7 Å². The first-order valence-electron chi connectivity index (χ1n) is 9.47. The molecular formula is C23H14BrCl2F2NO4. The van der Waals surface area contributed by atoms with Gasteiger partial charge in [-0.25, -0.2) is 13.6 Å². The molecule has 0 fully saturated rings. The number of fused-ring (bicyclic) bond motifs is 1. The molecule has 0 bridgehead atoms. The average Bonchev–Trinajstić information content (AvgIpc) is 2.78. The van der Waals surface area contributed by atoms with Gasteiger partial charge in [0.15, 0.2) is 6.73 Å². The highest BCUT2D eigenvalue weighted by Gasteiger charge is 2.29. The number of carbonyl (C=O) groups is 2. The number of nitrogens with zero attached hydrogens (tertiary/aromatic N) is 1. The summed E-state index contributed by atoms with van der Waals surface area (Å²) in [6.07, 6.45) is 0. The second-order valence-corrected chi connectivity index (χ2v) is 8.85. The smallest absolute Gasteiger partial charge is 0.340 e. The minimum Gasteiger partial charge on any atom is -0.472 e. The fourth-order valence-corrected chi connectivity index (χ4v) is 4.91. The van der Waals surface area contributed by atoms with Crippen LogP contribution >= 0.6 is 39.1 Å². The summed E-state index contributed by atoms with van der Waals surface area (Å²) in [5.74, 6) is -2.86. The number of methoxy groups -OCH3 is 1. The van der Waals surface area contributed by atoms with Gasteiger partial charge in [-0.1, -0.05) is 57.3 Å². The predicted molar refractivity (Wildman–Crippen MR) is 123 cm³/mol. The SMILES string of the molecule is COC(=O)c1cc(F)c(-c2cccc3c2OCN(C(=O)c2c(Cl)cc(Br)cc2Cl)C3)cc1F. The first-order valence-corrected chi connectivity index (χ1v) is 11.0. The number of halogens is 5. The lowest BCUT2D eigenvalue weighted by Crippen LogP contribution is -2.37. The highest BCUT2D eigenvalue weighted by atomic mass is 79.9. The number of hydrogen-bond acceptors (Lipinski definition) is 4. The van der Waals surface area contributed by atoms with Crippen LogP contribution < -0.4 is 4.74 Å². The molecule has 0 N–H and O–H groups in total. The Morgan fingerprint density at radius 3 is 2.42 bits per heavy atom. The van der Waals surface area contributed by atoms with E-state index in [0.29, 0.717) is 15.8 Å². The molecule has 0 radical (unpaired) electrons. The van der Waals surface area contributed by atoms with E-state index in [4.69, 9.17) is 27.9 Å². The molecule has 170 valence electrons. The molecule has 1 heterocycles. The highest BCUT2D eigenvalue weighted by Crippen LogP contribution is 2.39. The molecule has 1 aliphatic rings. The lowest BCUT2D eigenvalue weighted by Gasteiger charge is -2.31. The summed E-state index contributed by atoms with van der Waals surface area (Å²) in [5, 5.41) is 0.365. The summed E-state index contributed by atoms with van der Waals surface area (Å²) in [6, 6.07) is 9.73. The Kier molecular flexibility index (Phi) is 6.61. The van der Waals surface area contributed by atoms with E-state index in [1.165, 1.54) is 4.90 Å². The Morgan fingerprint density at radius 2 is 1.76 bits per heavy atom. The summed E-state index contributed by atoms with van der Waals surface area (Å²) in [4.78, 5) is 26.1. The molecular weight excluding hydrogens is 543 g/mol. The van der Waals surface area contributed by atoms with Gasteiger partial charge >= 0.3 is 5.97 Å². The van der Waals surface area contributed by atoms with Crippen LogP contribution in [-0.2, 0) is 11.3 Å². The van der Waals surface area contributed by atoms with Crippen LogP contribution in [0.4, 0.5) is 8.78 Å². The summed E-state index contributed by atoms with van der Waals surface area (Å²) in [6.45, 7) is -0.0228. The zero-order valence-electron chi connectivity index (χ0n) is 16.9. The molecule has 0 unspecified atom stereocenters. The van der Waals surface area contributed by atoms with Gasteiger partial charge in [-0.3, -0.25) is 4.79 Å². The molecule has 3 aromatic carbocycles. The quantitative estimate of drug-likeness (QED) is 0.346. The second-order valence-electron chi connectivity index (χ2n) is 7.12. The number of rotatable bonds is 3. The van der Waals surface area contributed by atoms with Gasteiger partial charge in [-0.05, 0) is 24.3 Å². The van der Waals surface area contributed by atoms with Crippen LogP contribution in [0.3, 0.4) is 0 Å². The van der Waals surface area contributed by atoms with Crippen molar-refractivity contribution in [3.05, 3.63) is 85.3 Å². The van der Waals surface area contributed by atoms with Gasteiger partial charge in [0.1, 0.15) is 17.4 Å². The van der Waals surface area contributed by atoms with Crippen molar-refractivity contribution in [1.29, 1.82) is 0 Å². The molecule has 33 heavy (non-hydrogen) atoms. The van der Waals surface area contributed by atoms with Gasteiger partial charge < -0.3 is 14.4 Å². The molecule has 10 heteroatoms. The Morgan fingerprint density at radius 1 is 1.06 bits per heavy atom. The van der Waals surface area contributed by atoms with Crippen LogP contribution in [0.25, 0.3) is 11.1 Å². The molecule has 0 atom stereocenters. The van der Waals surface area contributed by atoms with Crippen molar-refractivity contribution in [3.63, 3.8) is 0 Å². The molecule has 0 saturated heterocycles. The lowest BCUT2D eigenvalue weighted by molar-refractivity contribution is 0.0515. The van der Waals surface area contributed by atoms with E-state index in [0.717, 1.165) is 19.2 Å². The van der Waals surface area contributed by atoms with Crippen LogP contribution in [0.15, 0.2) is 46.9 Å². The number of para-hydroxylation sites is 1. The molecule has 0 aromatic heterocycles. The van der Waals surface area contributed by atoms with Gasteiger partial charge in [-0.15, -0.1) is 0 Å². The fourth-order valence-electron chi connectivity index (χ4n) is 3.54. The van der Waals surface area contributed by atoms with Crippen LogP contribution in [0, 0.1) is 11.6 Å². The van der Waals surface area contributed by atoms with Gasteiger partial charge in [0.25, 0.3) is 5.91 Å². The topological polar surface area (TPSA) is 55.8 Å². The van der Waals surface area contributed by atoms with Crippen molar-refractivity contribution < 1.29 is 27.8 Å². The normalized spacial score (nSPS) is 12.7. The van der Waals surface area contributed by atoms with E-state index in [9.17, 15) is 18.4 Å². The average molecular weight is 557 g/mol. The first kappa shape index (κ1) is 23.5. The third-order valence-corrected chi connectivity index (χ3v) is 6.14. The van der Waals surface area contributed by atoms with E-state index in [-0.39, 0.29) is 40.0 Å². The minimum atomic E-state index is -0.983. The molecule has 4 rings (SSSR count). The Labute approximate surface area is 205 Å². The largest absolute Gasteiger partial charge is 0.472 e. The summed E-state index contributed by atoms with van der Waals surface area (Å²) in [7, 11) is 1.08. The van der Waals surface area contributed by atoms with E-state index in [1.54, 1.807) is 30.3 Å².